The molecule has 4 N–H and O–H groups in total. The molecule has 0 radical (unpaired) electrons. The number of H-pyrrole nitrogens is 1. The number of nitrogens with one attached hydrogen (secondary N) is 3. The first-order chi connectivity index (χ1) is 18.5. The number of anilines is 2. The van der Waals surface area contributed by atoms with E-state index in [2.05, 4.69) is 89.3 Å². The molecule has 0 fully saturated rings. The summed E-state index contributed by atoms with van der Waals surface area (Å²) in [6.07, 6.45) is 0.198. The molecule has 4 aromatic carbocycles. The molecule has 38 heavy (non-hydrogen) atoms. The standard InChI is InChI=1S/C33H33N3O2/c1-22-8-12-27(20-30(22)25-6-4-3-5-7-25)35-26-13-10-24(11-14-26)18-19-34-21-31(37)28-15-9-23(2)33-29(28)16-17-32(38)36-33/h3-17,20,31,34-35,37H,18-19,21H2,1-2H3,(H,36,38)/t31-/m0/s1. The van der Waals surface area contributed by atoms with E-state index in [0.29, 0.717) is 6.54 Å². The van der Waals surface area contributed by atoms with E-state index in [0.717, 1.165) is 46.4 Å². The number of hydrogen-bond acceptors (Lipinski definition) is 4. The Morgan fingerprint density at radius 2 is 1.55 bits per heavy atom. The van der Waals surface area contributed by atoms with E-state index in [4.69, 9.17) is 0 Å². The van der Waals surface area contributed by atoms with E-state index in [-0.39, 0.29) is 5.56 Å². The summed E-state index contributed by atoms with van der Waals surface area (Å²) in [6.45, 7) is 5.28. The van der Waals surface area contributed by atoms with Gasteiger partial charge in [-0.25, -0.2) is 0 Å². The predicted molar refractivity (Wildman–Crippen MR) is 157 cm³/mol. The van der Waals surface area contributed by atoms with Gasteiger partial charge in [0, 0.05) is 29.4 Å². The molecule has 5 heteroatoms. The highest BCUT2D eigenvalue weighted by Crippen LogP contribution is 2.28. The number of aromatic nitrogens is 1. The minimum Gasteiger partial charge on any atom is -0.387 e. The average molecular weight is 504 g/mol. The van der Waals surface area contributed by atoms with Crippen molar-refractivity contribution < 1.29 is 5.11 Å². The quantitative estimate of drug-likeness (QED) is 0.175. The lowest BCUT2D eigenvalue weighted by molar-refractivity contribution is 0.176. The number of benzene rings is 4. The van der Waals surface area contributed by atoms with Crippen molar-refractivity contribution in [2.75, 3.05) is 18.4 Å². The van der Waals surface area contributed by atoms with E-state index in [1.54, 1.807) is 6.07 Å². The van der Waals surface area contributed by atoms with Crippen LogP contribution in [0.4, 0.5) is 11.4 Å². The zero-order valence-electron chi connectivity index (χ0n) is 21.8. The summed E-state index contributed by atoms with van der Waals surface area (Å²) in [5.74, 6) is 0. The molecule has 0 aliphatic heterocycles. The van der Waals surface area contributed by atoms with E-state index in [9.17, 15) is 9.90 Å². The molecule has 0 aliphatic rings. The summed E-state index contributed by atoms with van der Waals surface area (Å²) in [4.78, 5) is 14.6. The van der Waals surface area contributed by atoms with Gasteiger partial charge in [-0.15, -0.1) is 0 Å². The molecule has 0 amide bonds. The van der Waals surface area contributed by atoms with Crippen molar-refractivity contribution >= 4 is 22.3 Å². The molecule has 192 valence electrons. The first-order valence-electron chi connectivity index (χ1n) is 13.0. The van der Waals surface area contributed by atoms with Crippen LogP contribution in [-0.4, -0.2) is 23.2 Å². The van der Waals surface area contributed by atoms with Crippen molar-refractivity contribution in [3.8, 4) is 11.1 Å². The lowest BCUT2D eigenvalue weighted by Gasteiger charge is -2.16. The van der Waals surface area contributed by atoms with Crippen LogP contribution in [0.3, 0.4) is 0 Å². The summed E-state index contributed by atoms with van der Waals surface area (Å²) in [6, 6.07) is 32.5. The maximum Gasteiger partial charge on any atom is 0.248 e. The van der Waals surface area contributed by atoms with Crippen LogP contribution in [0.2, 0.25) is 0 Å². The van der Waals surface area contributed by atoms with Gasteiger partial charge in [-0.2, -0.15) is 0 Å². The van der Waals surface area contributed by atoms with Gasteiger partial charge in [-0.3, -0.25) is 4.79 Å². The second-order valence-electron chi connectivity index (χ2n) is 9.77. The Hall–Kier alpha value is -4.19. The normalized spacial score (nSPS) is 12.0. The van der Waals surface area contributed by atoms with Gasteiger partial charge in [-0.05, 0) is 90.5 Å². The molecule has 0 saturated carbocycles. The maximum atomic E-state index is 11.7. The molecule has 1 aromatic heterocycles. The van der Waals surface area contributed by atoms with E-state index >= 15 is 0 Å². The van der Waals surface area contributed by atoms with Crippen molar-refractivity contribution in [1.29, 1.82) is 0 Å². The monoisotopic (exact) mass is 503 g/mol. The van der Waals surface area contributed by atoms with Gasteiger partial charge in [0.25, 0.3) is 0 Å². The number of aromatic amines is 1. The molecule has 0 unspecified atom stereocenters. The van der Waals surface area contributed by atoms with Gasteiger partial charge in [0.15, 0.2) is 0 Å². The molecule has 5 rings (SSSR count). The molecular weight excluding hydrogens is 470 g/mol. The molecule has 0 bridgehead atoms. The van der Waals surface area contributed by atoms with Crippen LogP contribution in [0.5, 0.6) is 0 Å². The highest BCUT2D eigenvalue weighted by Gasteiger charge is 2.13. The SMILES string of the molecule is Cc1ccc(Nc2ccc(CCNC[C@H](O)c3ccc(C)c4[nH]c(=O)ccc34)cc2)cc1-c1ccccc1. The number of aliphatic hydroxyl groups is 1. The maximum absolute atomic E-state index is 11.7. The Morgan fingerprint density at radius 3 is 2.34 bits per heavy atom. The third-order valence-corrected chi connectivity index (χ3v) is 6.99. The molecule has 0 spiro atoms. The summed E-state index contributed by atoms with van der Waals surface area (Å²) >= 11 is 0. The molecule has 1 atom stereocenters. The summed E-state index contributed by atoms with van der Waals surface area (Å²) < 4.78 is 0. The number of aryl methyl sites for hydroxylation is 2. The largest absolute Gasteiger partial charge is 0.387 e. The van der Waals surface area contributed by atoms with Crippen LogP contribution >= 0.6 is 0 Å². The van der Waals surface area contributed by atoms with Crippen LogP contribution in [0.1, 0.15) is 28.4 Å². The first kappa shape index (κ1) is 25.5. The molecular formula is C33H33N3O2. The number of hydrogen-bond donors (Lipinski definition) is 4. The number of rotatable bonds is 9. The Kier molecular flexibility index (Phi) is 7.68. The summed E-state index contributed by atoms with van der Waals surface area (Å²) in [7, 11) is 0. The van der Waals surface area contributed by atoms with Crippen molar-refractivity contribution in [2.24, 2.45) is 0 Å². The molecule has 5 aromatic rings. The van der Waals surface area contributed by atoms with E-state index in [1.165, 1.54) is 28.3 Å². The highest BCUT2D eigenvalue weighted by molar-refractivity contribution is 5.85. The fraction of sp³-hybridized carbons (Fsp3) is 0.182. The van der Waals surface area contributed by atoms with E-state index in [1.807, 2.05) is 25.1 Å². The third-order valence-electron chi connectivity index (χ3n) is 6.99. The van der Waals surface area contributed by atoms with Gasteiger partial charge in [0.2, 0.25) is 5.56 Å². The van der Waals surface area contributed by atoms with Crippen LogP contribution in [-0.2, 0) is 6.42 Å². The minimum atomic E-state index is -0.661. The highest BCUT2D eigenvalue weighted by atomic mass is 16.3. The van der Waals surface area contributed by atoms with Crippen molar-refractivity contribution in [2.45, 2.75) is 26.4 Å². The molecule has 5 nitrogen and oxygen atoms in total. The van der Waals surface area contributed by atoms with Crippen molar-refractivity contribution in [3.05, 3.63) is 130 Å². The first-order valence-corrected chi connectivity index (χ1v) is 13.0. The summed E-state index contributed by atoms with van der Waals surface area (Å²) in [5, 5.41) is 18.6. The minimum absolute atomic E-state index is 0.137. The Bertz CT molecular complexity index is 1590. The Balaban J connectivity index is 1.15. The summed E-state index contributed by atoms with van der Waals surface area (Å²) in [5.41, 5.74) is 9.47. The second-order valence-corrected chi connectivity index (χ2v) is 9.77. The van der Waals surface area contributed by atoms with Gasteiger partial charge < -0.3 is 20.7 Å². The zero-order chi connectivity index (χ0) is 26.5. The third kappa shape index (κ3) is 5.86. The van der Waals surface area contributed by atoms with Crippen molar-refractivity contribution in [3.63, 3.8) is 0 Å². The van der Waals surface area contributed by atoms with Gasteiger partial charge in [0.05, 0.1) is 11.6 Å². The van der Waals surface area contributed by atoms with Gasteiger partial charge in [-0.1, -0.05) is 60.7 Å². The topological polar surface area (TPSA) is 77.2 Å². The number of fused-ring (bicyclic) bond motifs is 1. The second kappa shape index (κ2) is 11.5. The number of aliphatic hydroxyl groups excluding tert-OH is 1. The molecule has 0 saturated heterocycles. The van der Waals surface area contributed by atoms with E-state index < -0.39 is 6.10 Å². The Labute approximate surface area is 223 Å². The van der Waals surface area contributed by atoms with Crippen LogP contribution < -0.4 is 16.2 Å². The molecule has 0 aliphatic carbocycles. The number of pyridine rings is 1. The van der Waals surface area contributed by atoms with Crippen LogP contribution in [0.15, 0.2) is 102 Å². The van der Waals surface area contributed by atoms with Crippen LogP contribution in [0.25, 0.3) is 22.0 Å². The van der Waals surface area contributed by atoms with Crippen molar-refractivity contribution in [1.82, 2.24) is 10.3 Å². The van der Waals surface area contributed by atoms with Gasteiger partial charge >= 0.3 is 0 Å². The smallest absolute Gasteiger partial charge is 0.248 e. The fourth-order valence-corrected chi connectivity index (χ4v) is 4.84. The van der Waals surface area contributed by atoms with Gasteiger partial charge in [0.1, 0.15) is 0 Å². The fourth-order valence-electron chi connectivity index (χ4n) is 4.84. The lowest BCUT2D eigenvalue weighted by Crippen LogP contribution is -2.24. The zero-order valence-corrected chi connectivity index (χ0v) is 21.8. The van der Waals surface area contributed by atoms with Crippen LogP contribution in [0, 0.1) is 13.8 Å². The average Bonchev–Trinajstić information content (AvgIpc) is 2.94. The lowest BCUT2D eigenvalue weighted by atomic mass is 10.00. The molecule has 1 heterocycles. The predicted octanol–water partition coefficient (Wildman–Crippen LogP) is 6.42. The Morgan fingerprint density at radius 1 is 0.816 bits per heavy atom.